The number of ketones is 1. The molecule has 0 aliphatic heterocycles. The van der Waals surface area contributed by atoms with Crippen molar-refractivity contribution in [3.63, 3.8) is 0 Å². The Morgan fingerprint density at radius 1 is 0.815 bits per heavy atom. The molecule has 0 aromatic heterocycles. The minimum absolute atomic E-state index is 0.110. The molecule has 0 radical (unpaired) electrons. The molecule has 27 heavy (non-hydrogen) atoms. The predicted octanol–water partition coefficient (Wildman–Crippen LogP) is 5.76. The standard InChI is InChI=1S/C23H17ClO3/c1-16-2-7-19(8-3-16)23(26)27-21-13-4-17(5-14-21)6-15-22(25)18-9-11-20(24)12-10-18/h2-15H,1H3/b15-6+. The van der Waals surface area contributed by atoms with E-state index in [4.69, 9.17) is 16.3 Å². The minimum Gasteiger partial charge on any atom is -0.423 e. The van der Waals surface area contributed by atoms with Gasteiger partial charge < -0.3 is 4.74 Å². The van der Waals surface area contributed by atoms with Gasteiger partial charge in [-0.25, -0.2) is 4.79 Å². The summed E-state index contributed by atoms with van der Waals surface area (Å²) in [5, 5.41) is 0.589. The molecule has 3 aromatic carbocycles. The van der Waals surface area contributed by atoms with Gasteiger partial charge in [0, 0.05) is 10.6 Å². The predicted molar refractivity (Wildman–Crippen MR) is 107 cm³/mol. The van der Waals surface area contributed by atoms with Crippen LogP contribution in [-0.2, 0) is 0 Å². The minimum atomic E-state index is -0.406. The van der Waals surface area contributed by atoms with E-state index in [-0.39, 0.29) is 5.78 Å². The van der Waals surface area contributed by atoms with Crippen LogP contribution >= 0.6 is 11.6 Å². The highest BCUT2D eigenvalue weighted by Gasteiger charge is 2.08. The summed E-state index contributed by atoms with van der Waals surface area (Å²) < 4.78 is 5.36. The molecule has 0 N–H and O–H groups in total. The van der Waals surface area contributed by atoms with Gasteiger partial charge in [-0.15, -0.1) is 0 Å². The van der Waals surface area contributed by atoms with Crippen molar-refractivity contribution in [2.45, 2.75) is 6.92 Å². The summed E-state index contributed by atoms with van der Waals surface area (Å²) in [6, 6.07) is 20.9. The van der Waals surface area contributed by atoms with Crippen molar-refractivity contribution in [1.82, 2.24) is 0 Å². The second kappa shape index (κ2) is 8.47. The first-order valence-electron chi connectivity index (χ1n) is 8.38. The van der Waals surface area contributed by atoms with Crippen molar-refractivity contribution in [2.24, 2.45) is 0 Å². The van der Waals surface area contributed by atoms with Gasteiger partial charge in [-0.2, -0.15) is 0 Å². The number of allylic oxidation sites excluding steroid dienone is 1. The van der Waals surface area contributed by atoms with E-state index in [1.807, 2.05) is 19.1 Å². The molecule has 0 saturated heterocycles. The lowest BCUT2D eigenvalue weighted by Crippen LogP contribution is -2.08. The van der Waals surface area contributed by atoms with E-state index in [9.17, 15) is 9.59 Å². The Balaban J connectivity index is 1.62. The maximum Gasteiger partial charge on any atom is 0.343 e. The van der Waals surface area contributed by atoms with E-state index >= 15 is 0 Å². The second-order valence-corrected chi connectivity index (χ2v) is 6.47. The molecule has 3 nitrogen and oxygen atoms in total. The zero-order valence-corrected chi connectivity index (χ0v) is 15.4. The van der Waals surface area contributed by atoms with Gasteiger partial charge in [0.25, 0.3) is 0 Å². The van der Waals surface area contributed by atoms with Gasteiger partial charge in [0.15, 0.2) is 5.78 Å². The maximum atomic E-state index is 12.1. The van der Waals surface area contributed by atoms with Gasteiger partial charge in [0.1, 0.15) is 5.75 Å². The molecule has 0 atom stereocenters. The van der Waals surface area contributed by atoms with Crippen LogP contribution in [-0.4, -0.2) is 11.8 Å². The molecule has 0 heterocycles. The van der Waals surface area contributed by atoms with Crippen LogP contribution in [0.15, 0.2) is 78.9 Å². The van der Waals surface area contributed by atoms with Crippen LogP contribution in [0.5, 0.6) is 5.75 Å². The van der Waals surface area contributed by atoms with E-state index in [2.05, 4.69) is 0 Å². The average molecular weight is 377 g/mol. The molecule has 0 fully saturated rings. The Kier molecular flexibility index (Phi) is 5.84. The fraction of sp³-hybridized carbons (Fsp3) is 0.0435. The molecule has 0 bridgehead atoms. The fourth-order valence-corrected chi connectivity index (χ4v) is 2.51. The third kappa shape index (κ3) is 5.16. The van der Waals surface area contributed by atoms with E-state index < -0.39 is 5.97 Å². The summed E-state index contributed by atoms with van der Waals surface area (Å²) in [4.78, 5) is 24.2. The Labute approximate surface area is 162 Å². The Morgan fingerprint density at radius 2 is 1.41 bits per heavy atom. The third-order valence-electron chi connectivity index (χ3n) is 3.93. The molecule has 0 saturated carbocycles. The molecule has 0 spiro atoms. The first kappa shape index (κ1) is 18.6. The van der Waals surface area contributed by atoms with E-state index in [0.717, 1.165) is 11.1 Å². The van der Waals surface area contributed by atoms with Crippen molar-refractivity contribution >= 4 is 29.4 Å². The van der Waals surface area contributed by atoms with Crippen LogP contribution in [0.1, 0.15) is 31.8 Å². The molecule has 0 aliphatic rings. The number of aryl methyl sites for hydroxylation is 1. The monoisotopic (exact) mass is 376 g/mol. The number of hydrogen-bond acceptors (Lipinski definition) is 3. The van der Waals surface area contributed by atoms with Crippen LogP contribution in [0.25, 0.3) is 6.08 Å². The smallest absolute Gasteiger partial charge is 0.343 e. The lowest BCUT2D eigenvalue weighted by atomic mass is 10.1. The highest BCUT2D eigenvalue weighted by Crippen LogP contribution is 2.16. The molecular weight excluding hydrogens is 360 g/mol. The summed E-state index contributed by atoms with van der Waals surface area (Å²) in [5.74, 6) is -0.0699. The number of hydrogen-bond donors (Lipinski definition) is 0. The van der Waals surface area contributed by atoms with E-state index in [0.29, 0.717) is 21.9 Å². The third-order valence-corrected chi connectivity index (χ3v) is 4.19. The van der Waals surface area contributed by atoms with Gasteiger partial charge in [0.2, 0.25) is 0 Å². The molecule has 0 aliphatic carbocycles. The number of halogens is 1. The highest BCUT2D eigenvalue weighted by atomic mass is 35.5. The van der Waals surface area contributed by atoms with E-state index in [1.165, 1.54) is 6.08 Å². The number of carbonyl (C=O) groups excluding carboxylic acids is 2. The molecule has 3 rings (SSSR count). The van der Waals surface area contributed by atoms with Gasteiger partial charge in [-0.1, -0.05) is 47.5 Å². The van der Waals surface area contributed by atoms with Crippen molar-refractivity contribution < 1.29 is 14.3 Å². The van der Waals surface area contributed by atoms with Crippen molar-refractivity contribution in [1.29, 1.82) is 0 Å². The number of benzene rings is 3. The lowest BCUT2D eigenvalue weighted by molar-refractivity contribution is 0.0734. The quantitative estimate of drug-likeness (QED) is 0.246. The van der Waals surface area contributed by atoms with Crippen LogP contribution in [0.3, 0.4) is 0 Å². The van der Waals surface area contributed by atoms with Crippen LogP contribution in [0, 0.1) is 6.92 Å². The molecule has 134 valence electrons. The van der Waals surface area contributed by atoms with Gasteiger partial charge in [-0.3, -0.25) is 4.79 Å². The molecular formula is C23H17ClO3. The summed E-state index contributed by atoms with van der Waals surface area (Å²) in [6.45, 7) is 1.96. The summed E-state index contributed by atoms with van der Waals surface area (Å²) in [6.07, 6.45) is 3.21. The summed E-state index contributed by atoms with van der Waals surface area (Å²) in [7, 11) is 0. The Bertz CT molecular complexity index is 970. The lowest BCUT2D eigenvalue weighted by Gasteiger charge is -2.05. The van der Waals surface area contributed by atoms with Gasteiger partial charge in [-0.05, 0) is 67.1 Å². The van der Waals surface area contributed by atoms with Crippen LogP contribution < -0.4 is 4.74 Å². The maximum absolute atomic E-state index is 12.1. The van der Waals surface area contributed by atoms with Crippen molar-refractivity contribution in [3.8, 4) is 5.75 Å². The zero-order valence-electron chi connectivity index (χ0n) is 14.7. The zero-order chi connectivity index (χ0) is 19.2. The van der Waals surface area contributed by atoms with Crippen LogP contribution in [0.4, 0.5) is 0 Å². The number of ether oxygens (including phenoxy) is 1. The molecule has 4 heteroatoms. The fourth-order valence-electron chi connectivity index (χ4n) is 2.38. The number of esters is 1. The summed E-state index contributed by atoms with van der Waals surface area (Å²) >= 11 is 5.82. The molecule has 0 amide bonds. The van der Waals surface area contributed by atoms with Gasteiger partial charge in [0.05, 0.1) is 5.56 Å². The molecule has 3 aromatic rings. The van der Waals surface area contributed by atoms with Crippen molar-refractivity contribution in [3.05, 3.63) is 106 Å². The topological polar surface area (TPSA) is 43.4 Å². The first-order valence-corrected chi connectivity index (χ1v) is 8.76. The highest BCUT2D eigenvalue weighted by molar-refractivity contribution is 6.30. The molecule has 0 unspecified atom stereocenters. The Hall–Kier alpha value is -3.17. The number of rotatable bonds is 5. The average Bonchev–Trinajstić information content (AvgIpc) is 2.68. The normalized spacial score (nSPS) is 10.7. The SMILES string of the molecule is Cc1ccc(C(=O)Oc2ccc(/C=C/C(=O)c3ccc(Cl)cc3)cc2)cc1. The van der Waals surface area contributed by atoms with Crippen molar-refractivity contribution in [2.75, 3.05) is 0 Å². The summed E-state index contributed by atoms with van der Waals surface area (Å²) in [5.41, 5.74) is 2.97. The van der Waals surface area contributed by atoms with Crippen LogP contribution in [0.2, 0.25) is 5.02 Å². The Morgan fingerprint density at radius 3 is 2.04 bits per heavy atom. The second-order valence-electron chi connectivity index (χ2n) is 6.03. The van der Waals surface area contributed by atoms with E-state index in [1.54, 1.807) is 66.7 Å². The first-order chi connectivity index (χ1) is 13.0. The van der Waals surface area contributed by atoms with Gasteiger partial charge >= 0.3 is 5.97 Å². The number of carbonyl (C=O) groups is 2. The largest absolute Gasteiger partial charge is 0.423 e.